The highest BCUT2D eigenvalue weighted by atomic mass is 35.5. The van der Waals surface area contributed by atoms with Crippen LogP contribution in [0.15, 0.2) is 66.0 Å². The van der Waals surface area contributed by atoms with Crippen molar-refractivity contribution in [2.75, 3.05) is 13.7 Å². The molecular formula is C29H32ClNO5. The van der Waals surface area contributed by atoms with E-state index in [1.165, 1.54) is 0 Å². The zero-order valence-electron chi connectivity index (χ0n) is 21.2. The molecule has 2 unspecified atom stereocenters. The number of Topliss-reactive ketones (excluding diaryl/α,β-unsaturated/α-hetero) is 1. The van der Waals surface area contributed by atoms with Gasteiger partial charge >= 0.3 is 5.97 Å². The number of ketones is 1. The van der Waals surface area contributed by atoms with Gasteiger partial charge in [0.05, 0.1) is 13.7 Å². The Morgan fingerprint density at radius 3 is 2.64 bits per heavy atom. The van der Waals surface area contributed by atoms with Crippen LogP contribution in [-0.4, -0.2) is 25.5 Å². The van der Waals surface area contributed by atoms with E-state index in [2.05, 4.69) is 25.7 Å². The van der Waals surface area contributed by atoms with E-state index >= 15 is 0 Å². The summed E-state index contributed by atoms with van der Waals surface area (Å²) in [5.41, 5.74) is 3.49. The number of rotatable bonds is 7. The van der Waals surface area contributed by atoms with Crippen LogP contribution in [0, 0.1) is 11.3 Å². The highest BCUT2D eigenvalue weighted by Crippen LogP contribution is 2.49. The van der Waals surface area contributed by atoms with Crippen LogP contribution in [0.5, 0.6) is 11.5 Å². The van der Waals surface area contributed by atoms with Crippen LogP contribution in [0.2, 0.25) is 5.02 Å². The summed E-state index contributed by atoms with van der Waals surface area (Å²) in [5.74, 6) is -0.603. The Morgan fingerprint density at radius 2 is 1.94 bits per heavy atom. The summed E-state index contributed by atoms with van der Waals surface area (Å²) in [6.07, 6.45) is 1.10. The normalized spacial score (nSPS) is 20.9. The fourth-order valence-corrected chi connectivity index (χ4v) is 5.31. The quantitative estimate of drug-likeness (QED) is 0.465. The number of carbonyl (C=O) groups excluding carboxylic acids is 2. The Morgan fingerprint density at radius 1 is 1.17 bits per heavy atom. The van der Waals surface area contributed by atoms with Crippen LogP contribution in [0.25, 0.3) is 0 Å². The van der Waals surface area contributed by atoms with Crippen LogP contribution in [0.1, 0.15) is 50.7 Å². The van der Waals surface area contributed by atoms with Crippen molar-refractivity contribution < 1.29 is 23.8 Å². The van der Waals surface area contributed by atoms with Gasteiger partial charge in [0, 0.05) is 34.3 Å². The van der Waals surface area contributed by atoms with Crippen LogP contribution < -0.4 is 14.8 Å². The van der Waals surface area contributed by atoms with Crippen LogP contribution in [0.3, 0.4) is 0 Å². The number of methoxy groups -OCH3 is 1. The van der Waals surface area contributed by atoms with Crippen molar-refractivity contribution in [3.63, 3.8) is 0 Å². The summed E-state index contributed by atoms with van der Waals surface area (Å²) in [5, 5.41) is 3.91. The number of hydrogen-bond acceptors (Lipinski definition) is 6. The fraction of sp³-hybridized carbons (Fsp3) is 0.379. The van der Waals surface area contributed by atoms with E-state index in [4.69, 9.17) is 25.8 Å². The molecule has 0 saturated heterocycles. The van der Waals surface area contributed by atoms with Crippen molar-refractivity contribution >= 4 is 23.4 Å². The molecule has 0 aromatic heterocycles. The summed E-state index contributed by atoms with van der Waals surface area (Å²) in [7, 11) is 1.56. The molecule has 0 amide bonds. The van der Waals surface area contributed by atoms with E-state index in [1.807, 2.05) is 42.5 Å². The Labute approximate surface area is 217 Å². The molecule has 1 aliphatic carbocycles. The lowest BCUT2D eigenvalue weighted by atomic mass is 9.66. The van der Waals surface area contributed by atoms with Gasteiger partial charge in [-0.25, -0.2) is 0 Å². The molecule has 190 valence electrons. The molecule has 2 aliphatic rings. The average Bonchev–Trinajstić information content (AvgIpc) is 2.81. The van der Waals surface area contributed by atoms with Crippen LogP contribution in [0.4, 0.5) is 0 Å². The first-order valence-corrected chi connectivity index (χ1v) is 12.4. The lowest BCUT2D eigenvalue weighted by Gasteiger charge is -2.42. The molecule has 0 radical (unpaired) electrons. The molecule has 0 spiro atoms. The smallest absolute Gasteiger partial charge is 0.315 e. The summed E-state index contributed by atoms with van der Waals surface area (Å²) in [4.78, 5) is 26.5. The molecule has 0 fully saturated rings. The number of esters is 1. The standard InChI is InChI=1S/C29H32ClNO5/c1-6-35-28(33)25-17(2)31-21-14-29(3,4)15-22(32)27(21)26(25)19-10-11-23(24(13-19)34-5)36-16-18-8-7-9-20(30)12-18/h7-13,25-26,31H,2,6,14-16H2,1,3-5H3. The third-order valence-corrected chi connectivity index (χ3v) is 6.86. The summed E-state index contributed by atoms with van der Waals surface area (Å²) in [6, 6.07) is 13.0. The second-order valence-corrected chi connectivity index (χ2v) is 10.5. The lowest BCUT2D eigenvalue weighted by molar-refractivity contribution is -0.147. The van der Waals surface area contributed by atoms with Gasteiger partial charge in [-0.05, 0) is 54.2 Å². The third kappa shape index (κ3) is 5.29. The minimum absolute atomic E-state index is 0.0285. The molecule has 1 aliphatic heterocycles. The predicted octanol–water partition coefficient (Wildman–Crippen LogP) is 5.95. The van der Waals surface area contributed by atoms with E-state index in [1.54, 1.807) is 14.0 Å². The maximum Gasteiger partial charge on any atom is 0.315 e. The molecule has 36 heavy (non-hydrogen) atoms. The van der Waals surface area contributed by atoms with Gasteiger partial charge in [-0.1, -0.05) is 50.2 Å². The lowest BCUT2D eigenvalue weighted by Crippen LogP contribution is -2.43. The van der Waals surface area contributed by atoms with Gasteiger partial charge in [0.25, 0.3) is 0 Å². The number of nitrogens with one attached hydrogen (secondary N) is 1. The van der Waals surface area contributed by atoms with Crippen molar-refractivity contribution in [1.82, 2.24) is 5.32 Å². The Balaban J connectivity index is 1.74. The van der Waals surface area contributed by atoms with E-state index in [9.17, 15) is 9.59 Å². The molecule has 0 saturated carbocycles. The van der Waals surface area contributed by atoms with Crippen molar-refractivity contribution in [3.05, 3.63) is 82.2 Å². The van der Waals surface area contributed by atoms with Crippen molar-refractivity contribution in [2.45, 2.75) is 46.1 Å². The minimum Gasteiger partial charge on any atom is -0.493 e. The average molecular weight is 510 g/mol. The van der Waals surface area contributed by atoms with E-state index in [0.29, 0.717) is 47.2 Å². The number of ether oxygens (including phenoxy) is 3. The van der Waals surface area contributed by atoms with E-state index in [0.717, 1.165) is 16.8 Å². The van der Waals surface area contributed by atoms with Gasteiger partial charge < -0.3 is 19.5 Å². The van der Waals surface area contributed by atoms with E-state index in [-0.39, 0.29) is 17.8 Å². The third-order valence-electron chi connectivity index (χ3n) is 6.62. The number of allylic oxidation sites excluding steroid dienone is 2. The van der Waals surface area contributed by atoms with Crippen molar-refractivity contribution in [1.29, 1.82) is 0 Å². The zero-order chi connectivity index (χ0) is 26.0. The highest BCUT2D eigenvalue weighted by Gasteiger charge is 2.46. The van der Waals surface area contributed by atoms with Gasteiger partial charge in [-0.3, -0.25) is 9.59 Å². The molecule has 2 aromatic rings. The Bertz CT molecular complexity index is 1230. The van der Waals surface area contributed by atoms with Gasteiger partial charge in [-0.15, -0.1) is 0 Å². The maximum absolute atomic E-state index is 13.4. The van der Waals surface area contributed by atoms with E-state index < -0.39 is 17.8 Å². The van der Waals surface area contributed by atoms with Crippen LogP contribution in [-0.2, 0) is 20.9 Å². The second kappa shape index (κ2) is 10.4. The van der Waals surface area contributed by atoms with Crippen molar-refractivity contribution in [3.8, 4) is 11.5 Å². The largest absolute Gasteiger partial charge is 0.493 e. The minimum atomic E-state index is -0.739. The fourth-order valence-electron chi connectivity index (χ4n) is 5.10. The number of carbonyl (C=O) groups is 2. The highest BCUT2D eigenvalue weighted by molar-refractivity contribution is 6.30. The van der Waals surface area contributed by atoms with Crippen molar-refractivity contribution in [2.24, 2.45) is 11.3 Å². The first kappa shape index (κ1) is 25.8. The van der Waals surface area contributed by atoms with Crippen LogP contribution >= 0.6 is 11.6 Å². The second-order valence-electron chi connectivity index (χ2n) is 10.0. The molecule has 7 heteroatoms. The van der Waals surface area contributed by atoms with Gasteiger partial charge in [0.1, 0.15) is 12.5 Å². The SMILES string of the molecule is C=C1NC2=C(C(=O)CC(C)(C)C2)C(c2ccc(OCc3cccc(Cl)c3)c(OC)c2)C1C(=O)OCC. The number of benzene rings is 2. The van der Waals surface area contributed by atoms with Gasteiger partial charge in [0.15, 0.2) is 17.3 Å². The Hall–Kier alpha value is -3.25. The topological polar surface area (TPSA) is 73.9 Å². The summed E-state index contributed by atoms with van der Waals surface area (Å²) < 4.78 is 17.1. The Kier molecular flexibility index (Phi) is 7.46. The number of halogens is 1. The molecule has 6 nitrogen and oxygen atoms in total. The monoisotopic (exact) mass is 509 g/mol. The predicted molar refractivity (Wildman–Crippen MR) is 139 cm³/mol. The zero-order valence-corrected chi connectivity index (χ0v) is 21.9. The molecular weight excluding hydrogens is 478 g/mol. The molecule has 1 N–H and O–H groups in total. The molecule has 0 bridgehead atoms. The number of hydrogen-bond donors (Lipinski definition) is 1. The van der Waals surface area contributed by atoms with Gasteiger partial charge in [-0.2, -0.15) is 0 Å². The molecule has 4 rings (SSSR count). The summed E-state index contributed by atoms with van der Waals surface area (Å²) >= 11 is 6.09. The summed E-state index contributed by atoms with van der Waals surface area (Å²) in [6.45, 7) is 10.6. The molecule has 2 atom stereocenters. The molecule has 1 heterocycles. The molecule has 2 aromatic carbocycles. The maximum atomic E-state index is 13.4. The first-order valence-electron chi connectivity index (χ1n) is 12.1. The van der Waals surface area contributed by atoms with Gasteiger partial charge in [0.2, 0.25) is 0 Å². The first-order chi connectivity index (χ1) is 17.1.